The van der Waals surface area contributed by atoms with Crippen LogP contribution in [0.1, 0.15) is 20.8 Å². The molecule has 0 atom stereocenters. The van der Waals surface area contributed by atoms with Gasteiger partial charge in [-0.15, -0.1) is 11.3 Å². The molecule has 0 aliphatic rings. The largest absolute Gasteiger partial charge is 0.465 e. The third kappa shape index (κ3) is 4.54. The van der Waals surface area contributed by atoms with Gasteiger partial charge in [0.1, 0.15) is 10.6 Å². The number of H-pyrrole nitrogens is 1. The van der Waals surface area contributed by atoms with E-state index >= 15 is 0 Å². The van der Waals surface area contributed by atoms with Crippen LogP contribution in [-0.2, 0) is 14.3 Å². The summed E-state index contributed by atoms with van der Waals surface area (Å²) in [4.78, 5) is 49.3. The second-order valence-electron chi connectivity index (χ2n) is 6.90. The average Bonchev–Trinajstić information content (AvgIpc) is 3.25. The number of methoxy groups -OCH3 is 1. The summed E-state index contributed by atoms with van der Waals surface area (Å²) >= 11 is 7.37. The summed E-state index contributed by atoms with van der Waals surface area (Å²) in [7, 11) is 1.23. The summed E-state index contributed by atoms with van der Waals surface area (Å²) in [6, 6.07) is 13.3. The van der Waals surface area contributed by atoms with Crippen LogP contribution in [0.2, 0.25) is 5.02 Å². The van der Waals surface area contributed by atoms with Crippen molar-refractivity contribution in [3.63, 3.8) is 0 Å². The Labute approximate surface area is 201 Å². The summed E-state index contributed by atoms with van der Waals surface area (Å²) in [6.45, 7) is -0.645. The number of hydrogen-bond acceptors (Lipinski definition) is 8. The molecule has 4 rings (SSSR count). The van der Waals surface area contributed by atoms with Gasteiger partial charge in [-0.25, -0.2) is 14.7 Å². The molecule has 9 nitrogen and oxygen atoms in total. The van der Waals surface area contributed by atoms with Gasteiger partial charge in [0.25, 0.3) is 11.5 Å². The first-order valence-corrected chi connectivity index (χ1v) is 11.1. The standard InChI is InChI=1S/C23H16ClN3O6S/c1-32-22(30)18-15(12-6-4-5-9-16(12)24)11-34-21(18)25-17(28)10-33-23(31)19-13-7-2-3-8-14(13)20(29)27-26-19/h2-9,11H,10H2,1H3,(H,25,28)(H,27,29). The van der Waals surface area contributed by atoms with E-state index in [1.807, 2.05) is 0 Å². The Kier molecular flexibility index (Phi) is 6.71. The molecule has 0 aliphatic carbocycles. The van der Waals surface area contributed by atoms with Crippen molar-refractivity contribution < 1.29 is 23.9 Å². The highest BCUT2D eigenvalue weighted by Crippen LogP contribution is 2.39. The van der Waals surface area contributed by atoms with Crippen LogP contribution in [-0.4, -0.2) is 41.8 Å². The van der Waals surface area contributed by atoms with E-state index in [0.29, 0.717) is 21.5 Å². The molecule has 0 saturated carbocycles. The normalized spacial score (nSPS) is 10.6. The Hall–Kier alpha value is -4.02. The van der Waals surface area contributed by atoms with Gasteiger partial charge in [0, 0.05) is 26.9 Å². The average molecular weight is 498 g/mol. The van der Waals surface area contributed by atoms with Gasteiger partial charge < -0.3 is 14.8 Å². The number of benzene rings is 2. The zero-order valence-corrected chi connectivity index (χ0v) is 19.2. The van der Waals surface area contributed by atoms with Crippen LogP contribution in [0.4, 0.5) is 5.00 Å². The van der Waals surface area contributed by atoms with E-state index in [-0.39, 0.29) is 21.6 Å². The van der Waals surface area contributed by atoms with Gasteiger partial charge in [-0.3, -0.25) is 9.59 Å². The lowest BCUT2D eigenvalue weighted by molar-refractivity contribution is -0.119. The molecule has 2 heterocycles. The molecule has 0 spiro atoms. The van der Waals surface area contributed by atoms with E-state index in [0.717, 1.165) is 11.3 Å². The Bertz CT molecular complexity index is 1480. The van der Waals surface area contributed by atoms with Gasteiger partial charge in [0.05, 0.1) is 12.5 Å². The molecule has 2 aromatic heterocycles. The van der Waals surface area contributed by atoms with Gasteiger partial charge in [-0.05, 0) is 12.1 Å². The summed E-state index contributed by atoms with van der Waals surface area (Å²) in [5.74, 6) is -2.23. The highest BCUT2D eigenvalue weighted by atomic mass is 35.5. The number of aromatic nitrogens is 2. The third-order valence-corrected chi connectivity index (χ3v) is 6.05. The minimum Gasteiger partial charge on any atom is -0.465 e. The van der Waals surface area contributed by atoms with E-state index in [2.05, 4.69) is 15.5 Å². The topological polar surface area (TPSA) is 127 Å². The van der Waals surface area contributed by atoms with Crippen LogP contribution < -0.4 is 10.9 Å². The number of ether oxygens (including phenoxy) is 2. The Balaban J connectivity index is 1.52. The van der Waals surface area contributed by atoms with Crippen molar-refractivity contribution in [2.45, 2.75) is 0 Å². The molecule has 0 radical (unpaired) electrons. The first-order valence-electron chi connectivity index (χ1n) is 9.79. The molecule has 2 N–H and O–H groups in total. The number of nitrogens with one attached hydrogen (secondary N) is 2. The maximum Gasteiger partial charge on any atom is 0.359 e. The number of anilines is 1. The number of nitrogens with zero attached hydrogens (tertiary/aromatic N) is 1. The van der Waals surface area contributed by atoms with Gasteiger partial charge >= 0.3 is 11.9 Å². The number of halogens is 1. The van der Waals surface area contributed by atoms with Crippen LogP contribution in [0, 0.1) is 0 Å². The van der Waals surface area contributed by atoms with Crippen LogP contribution >= 0.6 is 22.9 Å². The van der Waals surface area contributed by atoms with Crippen LogP contribution in [0.5, 0.6) is 0 Å². The summed E-state index contributed by atoms with van der Waals surface area (Å²) < 4.78 is 9.96. The molecule has 172 valence electrons. The van der Waals surface area contributed by atoms with Gasteiger partial charge in [-0.2, -0.15) is 5.10 Å². The summed E-state index contributed by atoms with van der Waals surface area (Å²) in [5.41, 5.74) is 0.652. The number of thiophene rings is 1. The Morgan fingerprint density at radius 2 is 1.74 bits per heavy atom. The highest BCUT2D eigenvalue weighted by Gasteiger charge is 2.24. The molecule has 2 aromatic carbocycles. The SMILES string of the molecule is COC(=O)c1c(-c2ccccc2Cl)csc1NC(=O)COC(=O)c1n[nH]c(=O)c2ccccc12. The molecule has 0 aliphatic heterocycles. The molecular weight excluding hydrogens is 482 g/mol. The predicted octanol–water partition coefficient (Wildman–Crippen LogP) is 3.89. The van der Waals surface area contributed by atoms with E-state index in [4.69, 9.17) is 21.1 Å². The number of carbonyl (C=O) groups excluding carboxylic acids is 3. The molecule has 1 amide bonds. The van der Waals surface area contributed by atoms with Crippen molar-refractivity contribution >= 4 is 56.6 Å². The molecule has 11 heteroatoms. The fourth-order valence-corrected chi connectivity index (χ4v) is 4.47. The van der Waals surface area contributed by atoms with Crippen molar-refractivity contribution in [3.8, 4) is 11.1 Å². The smallest absolute Gasteiger partial charge is 0.359 e. The Morgan fingerprint density at radius 1 is 1.03 bits per heavy atom. The maximum absolute atomic E-state index is 12.5. The molecule has 0 fully saturated rings. The van der Waals surface area contributed by atoms with Gasteiger partial charge in [0.2, 0.25) is 0 Å². The molecule has 4 aromatic rings. The molecule has 34 heavy (non-hydrogen) atoms. The molecule has 0 bridgehead atoms. The number of carbonyl (C=O) groups is 3. The lowest BCUT2D eigenvalue weighted by Gasteiger charge is -2.09. The zero-order chi connectivity index (χ0) is 24.2. The van der Waals surface area contributed by atoms with Crippen molar-refractivity contribution in [2.75, 3.05) is 19.0 Å². The second-order valence-corrected chi connectivity index (χ2v) is 8.18. The first kappa shape index (κ1) is 23.1. The van der Waals surface area contributed by atoms with Gasteiger partial charge in [-0.1, -0.05) is 48.0 Å². The molecular formula is C23H16ClN3O6S. The van der Waals surface area contributed by atoms with E-state index in [9.17, 15) is 19.2 Å². The highest BCUT2D eigenvalue weighted by molar-refractivity contribution is 7.15. The summed E-state index contributed by atoms with van der Waals surface area (Å²) in [5, 5.41) is 11.4. The first-order chi connectivity index (χ1) is 16.4. The third-order valence-electron chi connectivity index (χ3n) is 4.82. The van der Waals surface area contributed by atoms with Gasteiger partial charge in [0.15, 0.2) is 12.3 Å². The maximum atomic E-state index is 12.5. The van der Waals surface area contributed by atoms with E-state index in [1.54, 1.807) is 53.9 Å². The van der Waals surface area contributed by atoms with Crippen molar-refractivity contribution in [1.29, 1.82) is 0 Å². The Morgan fingerprint density at radius 3 is 2.47 bits per heavy atom. The fraction of sp³-hybridized carbons (Fsp3) is 0.0870. The quantitative estimate of drug-likeness (QED) is 0.387. The van der Waals surface area contributed by atoms with Crippen molar-refractivity contribution in [1.82, 2.24) is 10.2 Å². The van der Waals surface area contributed by atoms with E-state index in [1.165, 1.54) is 7.11 Å². The van der Waals surface area contributed by atoms with E-state index < -0.39 is 30.0 Å². The summed E-state index contributed by atoms with van der Waals surface area (Å²) in [6.07, 6.45) is 0. The number of amides is 1. The minimum atomic E-state index is -0.890. The second kappa shape index (κ2) is 9.86. The monoisotopic (exact) mass is 497 g/mol. The predicted molar refractivity (Wildman–Crippen MR) is 127 cm³/mol. The number of hydrogen-bond donors (Lipinski definition) is 2. The van der Waals surface area contributed by atoms with Crippen LogP contribution in [0.25, 0.3) is 21.9 Å². The lowest BCUT2D eigenvalue weighted by Crippen LogP contribution is -2.23. The number of rotatable bonds is 6. The van der Waals surface area contributed by atoms with Crippen LogP contribution in [0.15, 0.2) is 58.7 Å². The molecule has 0 saturated heterocycles. The van der Waals surface area contributed by atoms with Crippen molar-refractivity contribution in [2.24, 2.45) is 0 Å². The minimum absolute atomic E-state index is 0.129. The van der Waals surface area contributed by atoms with Crippen molar-refractivity contribution in [3.05, 3.63) is 80.5 Å². The lowest BCUT2D eigenvalue weighted by atomic mass is 10.0. The number of esters is 2. The molecule has 0 unspecified atom stereocenters. The fourth-order valence-electron chi connectivity index (χ4n) is 3.26. The number of fused-ring (bicyclic) bond motifs is 1. The van der Waals surface area contributed by atoms with Crippen LogP contribution in [0.3, 0.4) is 0 Å². The zero-order valence-electron chi connectivity index (χ0n) is 17.6. The number of aromatic amines is 1.